The molecule has 0 N–H and O–H groups in total. The molecule has 1 amide bonds. The lowest BCUT2D eigenvalue weighted by atomic mass is 9.94. The quantitative estimate of drug-likeness (QED) is 0.678. The molecule has 3 aliphatic heterocycles. The van der Waals surface area contributed by atoms with E-state index < -0.39 is 18.1 Å². The summed E-state index contributed by atoms with van der Waals surface area (Å²) in [5.41, 5.74) is 2.87. The first-order chi connectivity index (χ1) is 13.6. The fourth-order valence-electron chi connectivity index (χ4n) is 4.02. The monoisotopic (exact) mass is 444 g/mol. The van der Waals surface area contributed by atoms with Crippen molar-refractivity contribution in [3.05, 3.63) is 46.0 Å². The predicted molar refractivity (Wildman–Crippen MR) is 102 cm³/mol. The lowest BCUT2D eigenvalue weighted by molar-refractivity contribution is -0.146. The maximum Gasteiger partial charge on any atom is 0.335 e. The molecule has 9 heteroatoms. The number of aliphatic imine (C=N–C) groups is 1. The Balaban J connectivity index is 1.63. The van der Waals surface area contributed by atoms with Crippen molar-refractivity contribution in [3.63, 3.8) is 0 Å². The van der Waals surface area contributed by atoms with Gasteiger partial charge in [0.15, 0.2) is 18.5 Å². The SMILES string of the molecule is CCOC(=O)C1N=COC1c1ncn2c1[C@@H]1CCN1C(=O)c1cc(Br)ccc1-2. The highest BCUT2D eigenvalue weighted by atomic mass is 79.9. The number of carbonyl (C=O) groups excluding carboxylic acids is 2. The molecule has 0 spiro atoms. The number of rotatable bonds is 3. The van der Waals surface area contributed by atoms with Crippen LogP contribution >= 0.6 is 15.9 Å². The van der Waals surface area contributed by atoms with Crippen LogP contribution in [0, 0.1) is 0 Å². The van der Waals surface area contributed by atoms with Crippen molar-refractivity contribution in [2.75, 3.05) is 13.2 Å². The van der Waals surface area contributed by atoms with Crippen molar-refractivity contribution in [2.24, 2.45) is 4.99 Å². The minimum atomic E-state index is -0.795. The van der Waals surface area contributed by atoms with Gasteiger partial charge >= 0.3 is 5.97 Å². The van der Waals surface area contributed by atoms with Crippen LogP contribution < -0.4 is 0 Å². The number of carbonyl (C=O) groups is 2. The highest BCUT2D eigenvalue weighted by Crippen LogP contribution is 2.44. The number of nitrogens with zero attached hydrogens (tertiary/aromatic N) is 4. The van der Waals surface area contributed by atoms with Crippen LogP contribution in [-0.2, 0) is 14.3 Å². The molecule has 5 rings (SSSR count). The van der Waals surface area contributed by atoms with Crippen LogP contribution in [0.3, 0.4) is 0 Å². The molecule has 28 heavy (non-hydrogen) atoms. The Bertz CT molecular complexity index is 1020. The van der Waals surface area contributed by atoms with E-state index in [9.17, 15) is 9.59 Å². The summed E-state index contributed by atoms with van der Waals surface area (Å²) in [6.45, 7) is 2.71. The van der Waals surface area contributed by atoms with Crippen LogP contribution in [-0.4, -0.2) is 51.9 Å². The number of hydrogen-bond donors (Lipinski definition) is 0. The second kappa shape index (κ2) is 6.44. The Morgan fingerprint density at radius 3 is 3.04 bits per heavy atom. The van der Waals surface area contributed by atoms with Crippen LogP contribution in [0.5, 0.6) is 0 Å². The normalized spacial score (nSPS) is 24.6. The van der Waals surface area contributed by atoms with Gasteiger partial charge in [0.1, 0.15) is 5.69 Å². The first-order valence-corrected chi connectivity index (χ1v) is 9.91. The summed E-state index contributed by atoms with van der Waals surface area (Å²) in [6, 6.07) is 4.72. The molecule has 1 saturated heterocycles. The number of hydrogen-bond acceptors (Lipinski definition) is 6. The number of imidazole rings is 1. The molecule has 3 atom stereocenters. The molecule has 1 aromatic carbocycles. The van der Waals surface area contributed by atoms with Gasteiger partial charge in [-0.3, -0.25) is 9.36 Å². The predicted octanol–water partition coefficient (Wildman–Crippen LogP) is 2.57. The molecule has 4 heterocycles. The van der Waals surface area contributed by atoms with E-state index >= 15 is 0 Å². The number of aromatic nitrogens is 2. The molecule has 0 bridgehead atoms. The summed E-state index contributed by atoms with van der Waals surface area (Å²) in [4.78, 5) is 35.9. The van der Waals surface area contributed by atoms with Gasteiger partial charge in [-0.25, -0.2) is 14.8 Å². The van der Waals surface area contributed by atoms with Crippen LogP contribution in [0.1, 0.15) is 47.2 Å². The van der Waals surface area contributed by atoms with Crippen LogP contribution in [0.15, 0.2) is 34.0 Å². The van der Waals surface area contributed by atoms with Crippen molar-refractivity contribution < 1.29 is 19.1 Å². The number of fused-ring (bicyclic) bond motifs is 5. The smallest absolute Gasteiger partial charge is 0.335 e. The van der Waals surface area contributed by atoms with E-state index in [1.54, 1.807) is 13.3 Å². The summed E-state index contributed by atoms with van der Waals surface area (Å²) in [5, 5.41) is 0. The van der Waals surface area contributed by atoms with Crippen molar-refractivity contribution in [3.8, 4) is 5.69 Å². The molecule has 0 aliphatic carbocycles. The molecule has 1 fully saturated rings. The molecule has 2 aromatic rings. The fourth-order valence-corrected chi connectivity index (χ4v) is 4.38. The van der Waals surface area contributed by atoms with Gasteiger partial charge in [-0.05, 0) is 31.5 Å². The van der Waals surface area contributed by atoms with Gasteiger partial charge < -0.3 is 14.4 Å². The Morgan fingerprint density at radius 1 is 1.43 bits per heavy atom. The third-order valence-corrected chi connectivity index (χ3v) is 5.89. The molecule has 0 radical (unpaired) electrons. The summed E-state index contributed by atoms with van der Waals surface area (Å²) in [6.07, 6.45) is 3.14. The van der Waals surface area contributed by atoms with E-state index in [1.807, 2.05) is 27.7 Å². The first-order valence-electron chi connectivity index (χ1n) is 9.12. The van der Waals surface area contributed by atoms with Crippen molar-refractivity contribution in [2.45, 2.75) is 31.5 Å². The second-order valence-corrected chi connectivity index (χ2v) is 7.77. The molecular weight excluding hydrogens is 428 g/mol. The highest BCUT2D eigenvalue weighted by Gasteiger charge is 2.46. The molecule has 144 valence electrons. The van der Waals surface area contributed by atoms with Crippen molar-refractivity contribution in [1.29, 1.82) is 0 Å². The third-order valence-electron chi connectivity index (χ3n) is 5.39. The van der Waals surface area contributed by atoms with Crippen LogP contribution in [0.4, 0.5) is 0 Å². The number of ether oxygens (including phenoxy) is 2. The average Bonchev–Trinajstić information content (AvgIpc) is 3.26. The van der Waals surface area contributed by atoms with E-state index in [2.05, 4.69) is 25.9 Å². The molecule has 3 aliphatic rings. The molecular formula is C19H17BrN4O4. The van der Waals surface area contributed by atoms with E-state index in [0.717, 1.165) is 22.3 Å². The lowest BCUT2D eigenvalue weighted by Crippen LogP contribution is -2.45. The maximum absolute atomic E-state index is 13.0. The average molecular weight is 445 g/mol. The fraction of sp³-hybridized carbons (Fsp3) is 0.368. The van der Waals surface area contributed by atoms with Crippen molar-refractivity contribution in [1.82, 2.24) is 14.5 Å². The Hall–Kier alpha value is -2.68. The van der Waals surface area contributed by atoms with Crippen molar-refractivity contribution >= 4 is 34.2 Å². The lowest BCUT2D eigenvalue weighted by Gasteiger charge is -2.40. The molecule has 1 aromatic heterocycles. The van der Waals surface area contributed by atoms with E-state index in [-0.39, 0.29) is 18.6 Å². The topological polar surface area (TPSA) is 86.0 Å². The second-order valence-electron chi connectivity index (χ2n) is 6.86. The standard InChI is InChI=1S/C19H17BrN4O4/c1-2-27-19(26)15-17(28-9-22-15)14-16-13-5-6-23(13)18(25)11-7-10(20)3-4-12(11)24(16)8-21-14/h3-4,7-9,13,15,17H,2,5-6H2,1H3/t13-,15?,17?/m0/s1. The van der Waals surface area contributed by atoms with E-state index in [4.69, 9.17) is 9.47 Å². The van der Waals surface area contributed by atoms with E-state index in [1.165, 1.54) is 6.40 Å². The summed E-state index contributed by atoms with van der Waals surface area (Å²) >= 11 is 3.45. The summed E-state index contributed by atoms with van der Waals surface area (Å²) in [7, 11) is 0. The third kappa shape index (κ3) is 2.42. The van der Waals surface area contributed by atoms with Crippen LogP contribution in [0.25, 0.3) is 5.69 Å². The van der Waals surface area contributed by atoms with Gasteiger partial charge in [0.2, 0.25) is 0 Å². The van der Waals surface area contributed by atoms with Crippen LogP contribution in [0.2, 0.25) is 0 Å². The summed E-state index contributed by atoms with van der Waals surface area (Å²) < 4.78 is 13.6. The van der Waals surface area contributed by atoms with Gasteiger partial charge in [0, 0.05) is 11.0 Å². The van der Waals surface area contributed by atoms with Gasteiger partial charge in [-0.1, -0.05) is 15.9 Å². The minimum Gasteiger partial charge on any atom is -0.471 e. The molecule has 8 nitrogen and oxygen atoms in total. The van der Waals surface area contributed by atoms with E-state index in [0.29, 0.717) is 17.8 Å². The first kappa shape index (κ1) is 17.4. The van der Waals surface area contributed by atoms with Gasteiger partial charge in [0.25, 0.3) is 5.91 Å². The number of benzene rings is 1. The van der Waals surface area contributed by atoms with Gasteiger partial charge in [-0.15, -0.1) is 0 Å². The number of halogens is 1. The zero-order chi connectivity index (χ0) is 19.4. The maximum atomic E-state index is 13.0. The molecule has 2 unspecified atom stereocenters. The highest BCUT2D eigenvalue weighted by molar-refractivity contribution is 9.10. The Labute approximate surface area is 169 Å². The van der Waals surface area contributed by atoms with Gasteiger partial charge in [0.05, 0.1) is 35.9 Å². The number of esters is 1. The van der Waals surface area contributed by atoms with Gasteiger partial charge in [-0.2, -0.15) is 0 Å². The molecule has 0 saturated carbocycles. The Kier molecular flexibility index (Phi) is 4.01. The largest absolute Gasteiger partial charge is 0.471 e. The minimum absolute atomic E-state index is 0.00673. The zero-order valence-electron chi connectivity index (χ0n) is 15.0. The summed E-state index contributed by atoms with van der Waals surface area (Å²) in [5.74, 6) is -0.449. The Morgan fingerprint density at radius 2 is 2.29 bits per heavy atom. The zero-order valence-corrected chi connectivity index (χ0v) is 16.6. The number of amides is 1.